The SMILES string of the molecule is CC1CCCC1C(N)c1ccsc1. The first-order valence-electron chi connectivity index (χ1n) is 5.06. The van der Waals surface area contributed by atoms with Gasteiger partial charge in [-0.25, -0.2) is 0 Å². The molecule has 0 bridgehead atoms. The minimum atomic E-state index is 0.281. The van der Waals surface area contributed by atoms with E-state index in [1.54, 1.807) is 11.3 Å². The summed E-state index contributed by atoms with van der Waals surface area (Å²) in [7, 11) is 0. The third kappa shape index (κ3) is 1.79. The van der Waals surface area contributed by atoms with Crippen LogP contribution in [0.5, 0.6) is 0 Å². The van der Waals surface area contributed by atoms with Crippen molar-refractivity contribution in [1.82, 2.24) is 0 Å². The summed E-state index contributed by atoms with van der Waals surface area (Å²) in [5, 5.41) is 4.31. The van der Waals surface area contributed by atoms with E-state index in [0.717, 1.165) is 11.8 Å². The van der Waals surface area contributed by atoms with Gasteiger partial charge in [-0.2, -0.15) is 11.3 Å². The van der Waals surface area contributed by atoms with Crippen molar-refractivity contribution in [3.05, 3.63) is 22.4 Å². The van der Waals surface area contributed by atoms with Gasteiger partial charge < -0.3 is 5.73 Å². The van der Waals surface area contributed by atoms with Gasteiger partial charge in [-0.3, -0.25) is 0 Å². The highest BCUT2D eigenvalue weighted by molar-refractivity contribution is 7.07. The summed E-state index contributed by atoms with van der Waals surface area (Å²) in [4.78, 5) is 0. The molecule has 1 aliphatic rings. The molecule has 3 unspecified atom stereocenters. The highest BCUT2D eigenvalue weighted by Gasteiger charge is 2.29. The predicted molar refractivity (Wildman–Crippen MR) is 57.8 cm³/mol. The number of hydrogen-bond donors (Lipinski definition) is 1. The Bertz CT molecular complexity index is 255. The molecule has 1 saturated carbocycles. The van der Waals surface area contributed by atoms with Gasteiger partial charge in [0.05, 0.1) is 0 Å². The molecular formula is C11H17NS. The highest BCUT2D eigenvalue weighted by Crippen LogP contribution is 2.39. The van der Waals surface area contributed by atoms with Crippen LogP contribution in [0, 0.1) is 11.8 Å². The van der Waals surface area contributed by atoms with Crippen LogP contribution < -0.4 is 5.73 Å². The normalized spacial score (nSPS) is 30.6. The van der Waals surface area contributed by atoms with E-state index in [0.29, 0.717) is 0 Å². The van der Waals surface area contributed by atoms with Crippen LogP contribution in [0.4, 0.5) is 0 Å². The lowest BCUT2D eigenvalue weighted by molar-refractivity contribution is 0.351. The van der Waals surface area contributed by atoms with E-state index in [-0.39, 0.29) is 6.04 Å². The first-order chi connectivity index (χ1) is 6.29. The second kappa shape index (κ2) is 3.81. The first kappa shape index (κ1) is 9.22. The molecular weight excluding hydrogens is 178 g/mol. The summed E-state index contributed by atoms with van der Waals surface area (Å²) in [6.07, 6.45) is 4.05. The van der Waals surface area contributed by atoms with Crippen molar-refractivity contribution in [2.75, 3.05) is 0 Å². The summed E-state index contributed by atoms with van der Waals surface area (Å²) < 4.78 is 0. The van der Waals surface area contributed by atoms with E-state index in [4.69, 9.17) is 5.73 Å². The van der Waals surface area contributed by atoms with Crippen molar-refractivity contribution in [2.24, 2.45) is 17.6 Å². The van der Waals surface area contributed by atoms with E-state index in [9.17, 15) is 0 Å². The van der Waals surface area contributed by atoms with E-state index in [1.807, 2.05) is 0 Å². The molecule has 1 heterocycles. The first-order valence-corrected chi connectivity index (χ1v) is 6.01. The lowest BCUT2D eigenvalue weighted by Gasteiger charge is -2.22. The van der Waals surface area contributed by atoms with Crippen LogP contribution in [0.2, 0.25) is 0 Å². The molecule has 1 aromatic heterocycles. The Hall–Kier alpha value is -0.340. The van der Waals surface area contributed by atoms with E-state index in [2.05, 4.69) is 23.8 Å². The molecule has 13 heavy (non-hydrogen) atoms. The van der Waals surface area contributed by atoms with Gasteiger partial charge in [0.15, 0.2) is 0 Å². The monoisotopic (exact) mass is 195 g/mol. The van der Waals surface area contributed by atoms with Gasteiger partial charge in [-0.05, 0) is 40.6 Å². The zero-order valence-electron chi connectivity index (χ0n) is 8.07. The molecule has 0 amide bonds. The summed E-state index contributed by atoms with van der Waals surface area (Å²) in [6.45, 7) is 2.34. The zero-order chi connectivity index (χ0) is 9.26. The molecule has 0 aliphatic heterocycles. The Kier molecular flexibility index (Phi) is 2.70. The minimum absolute atomic E-state index is 0.281. The lowest BCUT2D eigenvalue weighted by Crippen LogP contribution is -2.22. The topological polar surface area (TPSA) is 26.0 Å². The van der Waals surface area contributed by atoms with Crippen molar-refractivity contribution < 1.29 is 0 Å². The molecule has 0 spiro atoms. The van der Waals surface area contributed by atoms with Crippen LogP contribution in [0.1, 0.15) is 37.8 Å². The molecule has 1 aromatic rings. The predicted octanol–water partition coefficient (Wildman–Crippen LogP) is 3.18. The fourth-order valence-electron chi connectivity index (χ4n) is 2.42. The maximum Gasteiger partial charge on any atom is 0.0334 e. The van der Waals surface area contributed by atoms with Crippen LogP contribution in [0.25, 0.3) is 0 Å². The summed E-state index contributed by atoms with van der Waals surface area (Å²) in [6, 6.07) is 2.45. The van der Waals surface area contributed by atoms with Crippen molar-refractivity contribution in [3.8, 4) is 0 Å². The van der Waals surface area contributed by atoms with Crippen LogP contribution in [0.15, 0.2) is 16.8 Å². The van der Waals surface area contributed by atoms with Crippen molar-refractivity contribution in [1.29, 1.82) is 0 Å². The molecule has 1 aliphatic carbocycles. The third-order valence-electron chi connectivity index (χ3n) is 3.32. The standard InChI is InChI=1S/C11H17NS/c1-8-3-2-4-10(8)11(12)9-5-6-13-7-9/h5-8,10-11H,2-4,12H2,1H3. The lowest BCUT2D eigenvalue weighted by atomic mass is 9.88. The van der Waals surface area contributed by atoms with Gasteiger partial charge >= 0.3 is 0 Å². The van der Waals surface area contributed by atoms with Crippen LogP contribution >= 0.6 is 11.3 Å². The smallest absolute Gasteiger partial charge is 0.0334 e. The molecule has 0 radical (unpaired) electrons. The van der Waals surface area contributed by atoms with Crippen molar-refractivity contribution in [3.63, 3.8) is 0 Å². The average Bonchev–Trinajstić information content (AvgIpc) is 2.72. The maximum atomic E-state index is 6.24. The molecule has 1 fully saturated rings. The Morgan fingerprint density at radius 1 is 1.54 bits per heavy atom. The largest absolute Gasteiger partial charge is 0.324 e. The summed E-state index contributed by atoms with van der Waals surface area (Å²) in [5.74, 6) is 1.53. The van der Waals surface area contributed by atoms with Gasteiger partial charge in [0.1, 0.15) is 0 Å². The van der Waals surface area contributed by atoms with Crippen LogP contribution in [-0.2, 0) is 0 Å². The quantitative estimate of drug-likeness (QED) is 0.770. The second-order valence-corrected chi connectivity index (χ2v) is 4.93. The molecule has 0 saturated heterocycles. The Morgan fingerprint density at radius 2 is 2.38 bits per heavy atom. The van der Waals surface area contributed by atoms with Crippen LogP contribution in [-0.4, -0.2) is 0 Å². The van der Waals surface area contributed by atoms with Crippen LogP contribution in [0.3, 0.4) is 0 Å². The van der Waals surface area contributed by atoms with E-state index in [1.165, 1.54) is 24.8 Å². The van der Waals surface area contributed by atoms with Gasteiger partial charge in [0.2, 0.25) is 0 Å². The Labute approximate surface area is 84.0 Å². The van der Waals surface area contributed by atoms with Gasteiger partial charge in [0, 0.05) is 6.04 Å². The van der Waals surface area contributed by atoms with E-state index < -0.39 is 0 Å². The number of thiophene rings is 1. The van der Waals surface area contributed by atoms with Gasteiger partial charge in [-0.15, -0.1) is 0 Å². The maximum absolute atomic E-state index is 6.24. The number of hydrogen-bond acceptors (Lipinski definition) is 2. The average molecular weight is 195 g/mol. The summed E-state index contributed by atoms with van der Waals surface area (Å²) in [5.41, 5.74) is 7.58. The molecule has 72 valence electrons. The van der Waals surface area contributed by atoms with Gasteiger partial charge in [-0.1, -0.05) is 19.8 Å². The van der Waals surface area contributed by atoms with Crippen molar-refractivity contribution in [2.45, 2.75) is 32.2 Å². The molecule has 1 nitrogen and oxygen atoms in total. The van der Waals surface area contributed by atoms with Crippen molar-refractivity contribution >= 4 is 11.3 Å². The van der Waals surface area contributed by atoms with E-state index >= 15 is 0 Å². The van der Waals surface area contributed by atoms with Gasteiger partial charge in [0.25, 0.3) is 0 Å². The highest BCUT2D eigenvalue weighted by atomic mass is 32.1. The second-order valence-electron chi connectivity index (χ2n) is 4.15. The Morgan fingerprint density at radius 3 is 2.92 bits per heavy atom. The third-order valence-corrected chi connectivity index (χ3v) is 4.02. The molecule has 2 heteroatoms. The summed E-state index contributed by atoms with van der Waals surface area (Å²) >= 11 is 1.75. The minimum Gasteiger partial charge on any atom is -0.324 e. The zero-order valence-corrected chi connectivity index (χ0v) is 8.89. The molecule has 0 aromatic carbocycles. The number of rotatable bonds is 2. The Balaban J connectivity index is 2.08. The molecule has 2 rings (SSSR count). The molecule has 3 atom stereocenters. The fraction of sp³-hybridized carbons (Fsp3) is 0.636. The number of nitrogens with two attached hydrogens (primary N) is 1. The fourth-order valence-corrected chi connectivity index (χ4v) is 3.13. The molecule has 2 N–H and O–H groups in total.